The number of para-hydroxylation sites is 2. The molecule has 1 aliphatic carbocycles. The van der Waals surface area contributed by atoms with Crippen LogP contribution in [0.3, 0.4) is 0 Å². The number of carbonyl (C=O) groups excluding carboxylic acids is 2. The fourth-order valence-corrected chi connectivity index (χ4v) is 4.69. The topological polar surface area (TPSA) is 52.0 Å². The molecule has 0 amide bonds. The third-order valence-corrected chi connectivity index (χ3v) is 5.87. The fourth-order valence-electron chi connectivity index (χ4n) is 4.69. The second-order valence-corrected chi connectivity index (χ2v) is 7.18. The van der Waals surface area contributed by atoms with Gasteiger partial charge in [0.2, 0.25) is 0 Å². The lowest BCUT2D eigenvalue weighted by molar-refractivity contribution is 0.0889. The van der Waals surface area contributed by atoms with E-state index in [1.165, 1.54) is 0 Å². The second-order valence-electron chi connectivity index (χ2n) is 7.18. The van der Waals surface area contributed by atoms with E-state index in [0.717, 1.165) is 27.7 Å². The van der Waals surface area contributed by atoms with Gasteiger partial charge in [0.15, 0.2) is 5.78 Å². The predicted molar refractivity (Wildman–Crippen MR) is 101 cm³/mol. The van der Waals surface area contributed by atoms with Gasteiger partial charge in [-0.15, -0.1) is 0 Å². The van der Waals surface area contributed by atoms with Crippen molar-refractivity contribution in [2.45, 2.75) is 11.8 Å². The van der Waals surface area contributed by atoms with Crippen LogP contribution in [0.15, 0.2) is 72.8 Å². The molecule has 27 heavy (non-hydrogen) atoms. The lowest BCUT2D eigenvalue weighted by Crippen LogP contribution is -2.44. The van der Waals surface area contributed by atoms with Crippen LogP contribution in [0.25, 0.3) is 11.0 Å². The molecule has 4 nitrogen and oxygen atoms in total. The largest absolute Gasteiger partial charge is 0.293 e. The highest BCUT2D eigenvalue weighted by atomic mass is 16.2. The number of fused-ring (bicyclic) bond motifs is 7. The molecular weight excluding hydrogens is 336 g/mol. The minimum atomic E-state index is -0.951. The third-order valence-electron chi connectivity index (χ3n) is 5.87. The molecule has 0 saturated heterocycles. The Balaban J connectivity index is 1.78. The molecule has 2 aliphatic rings. The second kappa shape index (κ2) is 4.80. The van der Waals surface area contributed by atoms with Gasteiger partial charge in [-0.05, 0) is 35.7 Å². The molecule has 4 aromatic rings. The standard InChI is InChI=1S/C23H14N2O2/c26-20-15-8-2-1-7-14(15)13-23(20)17-10-4-3-9-16(17)21(27)25-19-12-6-5-11-18(19)24-22(23)25/h1-12H,13H2. The van der Waals surface area contributed by atoms with E-state index in [9.17, 15) is 9.59 Å². The first-order valence-corrected chi connectivity index (χ1v) is 8.97. The Hall–Kier alpha value is -3.53. The number of ketones is 1. The van der Waals surface area contributed by atoms with E-state index in [-0.39, 0.29) is 11.7 Å². The number of carbonyl (C=O) groups is 2. The predicted octanol–water partition coefficient (Wildman–Crippen LogP) is 3.76. The quantitative estimate of drug-likeness (QED) is 0.485. The van der Waals surface area contributed by atoms with Crippen LogP contribution in [0.4, 0.5) is 0 Å². The highest BCUT2D eigenvalue weighted by molar-refractivity contribution is 6.16. The number of hydrogen-bond donors (Lipinski definition) is 0. The zero-order chi connectivity index (χ0) is 18.2. The van der Waals surface area contributed by atoms with Crippen LogP contribution in [-0.2, 0) is 11.8 Å². The van der Waals surface area contributed by atoms with Crippen LogP contribution in [-0.4, -0.2) is 21.2 Å². The van der Waals surface area contributed by atoms with Crippen LogP contribution >= 0.6 is 0 Å². The van der Waals surface area contributed by atoms with Crippen LogP contribution in [0.5, 0.6) is 0 Å². The third kappa shape index (κ3) is 1.61. The fraction of sp³-hybridized carbons (Fsp3) is 0.0870. The maximum atomic E-state index is 13.7. The summed E-state index contributed by atoms with van der Waals surface area (Å²) in [5, 5.41) is 0. The summed E-state index contributed by atoms with van der Waals surface area (Å²) in [6.45, 7) is 0. The van der Waals surface area contributed by atoms with Gasteiger partial charge in [-0.3, -0.25) is 14.2 Å². The summed E-state index contributed by atoms with van der Waals surface area (Å²) in [7, 11) is 0. The Morgan fingerprint density at radius 3 is 2.37 bits per heavy atom. The van der Waals surface area contributed by atoms with Crippen LogP contribution in [0, 0.1) is 0 Å². The van der Waals surface area contributed by atoms with Crippen LogP contribution in [0.2, 0.25) is 0 Å². The van der Waals surface area contributed by atoms with Crippen molar-refractivity contribution in [2.24, 2.45) is 0 Å². The minimum Gasteiger partial charge on any atom is -0.293 e. The number of rotatable bonds is 0. The molecule has 128 valence electrons. The summed E-state index contributed by atoms with van der Waals surface area (Å²) in [5.74, 6) is 0.437. The molecule has 0 radical (unpaired) electrons. The minimum absolute atomic E-state index is 0.0228. The Labute approximate surface area is 155 Å². The molecule has 0 N–H and O–H groups in total. The average Bonchev–Trinajstić information content (AvgIpc) is 3.24. The summed E-state index contributed by atoms with van der Waals surface area (Å²) in [4.78, 5) is 31.8. The number of Topliss-reactive ketones (excluding diaryl/α,β-unsaturated/α-hetero) is 1. The summed E-state index contributed by atoms with van der Waals surface area (Å²) in [5.41, 5.74) is 3.60. The van der Waals surface area contributed by atoms with Crippen LogP contribution < -0.4 is 0 Å². The molecule has 1 aliphatic heterocycles. The molecule has 0 fully saturated rings. The highest BCUT2D eigenvalue weighted by Crippen LogP contribution is 2.48. The van der Waals surface area contributed by atoms with Crippen molar-refractivity contribution in [3.8, 4) is 0 Å². The SMILES string of the molecule is O=C1c2ccccc2C2(Cc3ccccc3C2=O)c2nc3ccccc3n21. The molecule has 1 unspecified atom stereocenters. The molecule has 3 aromatic carbocycles. The molecule has 1 spiro atoms. The lowest BCUT2D eigenvalue weighted by atomic mass is 9.72. The van der Waals surface area contributed by atoms with Crippen molar-refractivity contribution >= 4 is 22.7 Å². The summed E-state index contributed by atoms with van der Waals surface area (Å²) in [6.07, 6.45) is 0.523. The van der Waals surface area contributed by atoms with E-state index in [1.54, 1.807) is 4.57 Å². The molecule has 0 bridgehead atoms. The van der Waals surface area contributed by atoms with Gasteiger partial charge in [0.25, 0.3) is 5.91 Å². The van der Waals surface area contributed by atoms with Gasteiger partial charge in [0, 0.05) is 11.1 Å². The molecule has 0 saturated carbocycles. The van der Waals surface area contributed by atoms with Crippen molar-refractivity contribution < 1.29 is 9.59 Å². The van der Waals surface area contributed by atoms with Gasteiger partial charge in [0.1, 0.15) is 11.2 Å². The smallest absolute Gasteiger partial charge is 0.264 e. The van der Waals surface area contributed by atoms with E-state index in [2.05, 4.69) is 0 Å². The summed E-state index contributed by atoms with van der Waals surface area (Å²) >= 11 is 0. The zero-order valence-electron chi connectivity index (χ0n) is 14.3. The maximum absolute atomic E-state index is 13.7. The van der Waals surface area contributed by atoms with E-state index in [1.807, 2.05) is 72.8 Å². The molecular formula is C23H14N2O2. The Morgan fingerprint density at radius 2 is 1.52 bits per heavy atom. The maximum Gasteiger partial charge on any atom is 0.264 e. The molecule has 1 atom stereocenters. The van der Waals surface area contributed by atoms with Crippen molar-refractivity contribution in [2.75, 3.05) is 0 Å². The monoisotopic (exact) mass is 350 g/mol. The van der Waals surface area contributed by atoms with Gasteiger partial charge in [-0.1, -0.05) is 54.6 Å². The number of hydrogen-bond acceptors (Lipinski definition) is 3. The first-order chi connectivity index (χ1) is 13.2. The molecule has 1 aromatic heterocycles. The van der Waals surface area contributed by atoms with Crippen molar-refractivity contribution in [3.63, 3.8) is 0 Å². The highest BCUT2D eigenvalue weighted by Gasteiger charge is 2.55. The van der Waals surface area contributed by atoms with E-state index < -0.39 is 5.41 Å². The summed E-state index contributed by atoms with van der Waals surface area (Å²) in [6, 6.07) is 22.7. The van der Waals surface area contributed by atoms with Gasteiger partial charge in [-0.25, -0.2) is 4.98 Å². The van der Waals surface area contributed by atoms with E-state index in [4.69, 9.17) is 4.98 Å². The molecule has 6 rings (SSSR count). The number of nitrogens with zero attached hydrogens (tertiary/aromatic N) is 2. The molecule has 4 heteroatoms. The number of aromatic nitrogens is 2. The van der Waals surface area contributed by atoms with Crippen molar-refractivity contribution in [1.82, 2.24) is 9.55 Å². The Bertz CT molecular complexity index is 1300. The van der Waals surface area contributed by atoms with Gasteiger partial charge < -0.3 is 0 Å². The normalized spacial score (nSPS) is 20.0. The molecule has 2 heterocycles. The average molecular weight is 350 g/mol. The summed E-state index contributed by atoms with van der Waals surface area (Å²) < 4.78 is 1.64. The first kappa shape index (κ1) is 14.6. The number of benzene rings is 3. The van der Waals surface area contributed by atoms with Gasteiger partial charge >= 0.3 is 0 Å². The van der Waals surface area contributed by atoms with Crippen molar-refractivity contribution in [3.05, 3.63) is 101 Å². The van der Waals surface area contributed by atoms with Gasteiger partial charge in [0.05, 0.1) is 11.0 Å². The zero-order valence-corrected chi connectivity index (χ0v) is 14.3. The van der Waals surface area contributed by atoms with Crippen LogP contribution in [0.1, 0.15) is 37.7 Å². The Morgan fingerprint density at radius 1 is 0.815 bits per heavy atom. The lowest BCUT2D eigenvalue weighted by Gasteiger charge is -2.33. The first-order valence-electron chi connectivity index (χ1n) is 8.97. The number of imidazole rings is 1. The van der Waals surface area contributed by atoms with E-state index >= 15 is 0 Å². The van der Waals surface area contributed by atoms with Gasteiger partial charge in [-0.2, -0.15) is 0 Å². The van der Waals surface area contributed by atoms with E-state index in [0.29, 0.717) is 17.8 Å². The van der Waals surface area contributed by atoms with Crippen molar-refractivity contribution in [1.29, 1.82) is 0 Å². The Kier molecular flexibility index (Phi) is 2.60.